The number of nitrogens with zero attached hydrogens (tertiary/aromatic N) is 4. The molecule has 2 aromatic carbocycles. The fraction of sp³-hybridized carbons (Fsp3) is 0.300. The Morgan fingerprint density at radius 3 is 2.19 bits per heavy atom. The van der Waals surface area contributed by atoms with Crippen molar-refractivity contribution in [2.75, 3.05) is 25.5 Å². The minimum atomic E-state index is 0.665. The zero-order valence-electron chi connectivity index (χ0n) is 16.0. The lowest BCUT2D eigenvalue weighted by Crippen LogP contribution is -2.37. The summed E-state index contributed by atoms with van der Waals surface area (Å²) in [7, 11) is 1.66. The molecule has 0 atom stereocenters. The van der Waals surface area contributed by atoms with Gasteiger partial charge < -0.3 is 10.1 Å². The van der Waals surface area contributed by atoms with Crippen molar-refractivity contribution in [1.29, 1.82) is 0 Å². The largest absolute Gasteiger partial charge is 0.497 e. The van der Waals surface area contributed by atoms with Crippen molar-refractivity contribution in [1.82, 2.24) is 25.4 Å². The Morgan fingerprint density at radius 2 is 1.59 bits per heavy atom. The Hall–Kier alpha value is -2.90. The van der Waals surface area contributed by atoms with Crippen molar-refractivity contribution >= 4 is 11.4 Å². The van der Waals surface area contributed by atoms with E-state index in [-0.39, 0.29) is 0 Å². The lowest BCUT2D eigenvalue weighted by Gasteiger charge is -2.18. The molecule has 0 aliphatic heterocycles. The van der Waals surface area contributed by atoms with Gasteiger partial charge in [0.2, 0.25) is 0 Å². The molecule has 0 amide bonds. The number of nitrogens with one attached hydrogen (secondary N) is 2. The summed E-state index contributed by atoms with van der Waals surface area (Å²) < 4.78 is 6.97. The van der Waals surface area contributed by atoms with E-state index in [0.717, 1.165) is 41.6 Å². The van der Waals surface area contributed by atoms with Gasteiger partial charge in [0, 0.05) is 24.5 Å². The first-order chi connectivity index (χ1) is 13.2. The first kappa shape index (κ1) is 18.9. The van der Waals surface area contributed by atoms with Gasteiger partial charge >= 0.3 is 0 Å². The molecule has 0 spiro atoms. The normalized spacial score (nSPS) is 11.0. The second kappa shape index (κ2) is 9.16. The smallest absolute Gasteiger partial charge is 0.119 e. The zero-order chi connectivity index (χ0) is 19.1. The molecular formula is C20H26N6O. The summed E-state index contributed by atoms with van der Waals surface area (Å²) >= 11 is 0. The van der Waals surface area contributed by atoms with E-state index in [9.17, 15) is 0 Å². The molecule has 3 rings (SSSR count). The van der Waals surface area contributed by atoms with E-state index in [0.29, 0.717) is 6.54 Å². The summed E-state index contributed by atoms with van der Waals surface area (Å²) in [5.41, 5.74) is 7.23. The predicted octanol–water partition coefficient (Wildman–Crippen LogP) is 3.37. The van der Waals surface area contributed by atoms with Crippen molar-refractivity contribution in [3.8, 4) is 11.4 Å². The van der Waals surface area contributed by atoms with Gasteiger partial charge in [-0.25, -0.2) is 15.1 Å². The molecule has 1 aromatic heterocycles. The second-order valence-corrected chi connectivity index (χ2v) is 6.06. The van der Waals surface area contributed by atoms with E-state index in [2.05, 4.69) is 39.9 Å². The molecule has 0 aliphatic rings. The predicted molar refractivity (Wildman–Crippen MR) is 107 cm³/mol. The van der Waals surface area contributed by atoms with Gasteiger partial charge in [0.15, 0.2) is 0 Å². The van der Waals surface area contributed by atoms with Crippen molar-refractivity contribution in [3.63, 3.8) is 0 Å². The minimum absolute atomic E-state index is 0.665. The third-order valence-corrected chi connectivity index (χ3v) is 4.30. The molecule has 0 saturated carbocycles. The molecule has 0 fully saturated rings. The van der Waals surface area contributed by atoms with Crippen LogP contribution in [0.1, 0.15) is 19.5 Å². The molecular weight excluding hydrogens is 340 g/mol. The summed E-state index contributed by atoms with van der Waals surface area (Å²) in [5.74, 6) is 0.841. The molecule has 0 unspecified atom stereocenters. The van der Waals surface area contributed by atoms with E-state index in [1.54, 1.807) is 11.8 Å². The number of hydrogen-bond acceptors (Lipinski definition) is 6. The Balaban J connectivity index is 1.61. The molecule has 0 saturated heterocycles. The standard InChI is InChI=1S/C20H26N6O/c1-4-25(5-2)21-14-18-15-26(24-23-18)19-10-6-16(7-11-19)22-17-8-12-20(27-3)13-9-17/h6-13,15,21-22H,4-5,14H2,1-3H3. The van der Waals surface area contributed by atoms with E-state index in [1.807, 2.05) is 54.7 Å². The van der Waals surface area contributed by atoms with Gasteiger partial charge in [-0.05, 0) is 48.5 Å². The van der Waals surface area contributed by atoms with Crippen molar-refractivity contribution in [2.45, 2.75) is 20.4 Å². The number of benzene rings is 2. The highest BCUT2D eigenvalue weighted by Gasteiger charge is 2.05. The minimum Gasteiger partial charge on any atom is -0.497 e. The third-order valence-electron chi connectivity index (χ3n) is 4.30. The number of ether oxygens (including phenoxy) is 1. The monoisotopic (exact) mass is 366 g/mol. The Kier molecular flexibility index (Phi) is 6.40. The molecule has 7 nitrogen and oxygen atoms in total. The molecule has 0 bridgehead atoms. The van der Waals surface area contributed by atoms with Crippen molar-refractivity contribution < 1.29 is 4.74 Å². The third kappa shape index (κ3) is 5.06. The average molecular weight is 366 g/mol. The summed E-state index contributed by atoms with van der Waals surface area (Å²) in [6, 6.07) is 15.9. The van der Waals surface area contributed by atoms with Crippen LogP contribution >= 0.6 is 0 Å². The Morgan fingerprint density at radius 1 is 0.963 bits per heavy atom. The molecule has 0 radical (unpaired) electrons. The van der Waals surface area contributed by atoms with Crippen LogP contribution in [0.2, 0.25) is 0 Å². The van der Waals surface area contributed by atoms with Gasteiger partial charge in [0.25, 0.3) is 0 Å². The van der Waals surface area contributed by atoms with Gasteiger partial charge in [-0.3, -0.25) is 0 Å². The molecule has 2 N–H and O–H groups in total. The molecule has 7 heteroatoms. The van der Waals surface area contributed by atoms with Gasteiger partial charge in [-0.15, -0.1) is 5.10 Å². The summed E-state index contributed by atoms with van der Waals surface area (Å²) in [6.45, 7) is 6.81. The molecule has 0 aliphatic carbocycles. The topological polar surface area (TPSA) is 67.2 Å². The number of anilines is 2. The summed E-state index contributed by atoms with van der Waals surface area (Å²) in [5, 5.41) is 14.0. The van der Waals surface area contributed by atoms with E-state index >= 15 is 0 Å². The van der Waals surface area contributed by atoms with Gasteiger partial charge in [0.05, 0.1) is 31.2 Å². The second-order valence-electron chi connectivity index (χ2n) is 6.06. The summed E-state index contributed by atoms with van der Waals surface area (Å²) in [4.78, 5) is 0. The van der Waals surface area contributed by atoms with Crippen LogP contribution in [0, 0.1) is 0 Å². The van der Waals surface area contributed by atoms with Crippen LogP contribution in [0.15, 0.2) is 54.7 Å². The Labute approximate surface area is 159 Å². The maximum absolute atomic E-state index is 5.18. The quantitative estimate of drug-likeness (QED) is 0.566. The lowest BCUT2D eigenvalue weighted by atomic mass is 10.2. The maximum Gasteiger partial charge on any atom is 0.119 e. The maximum atomic E-state index is 5.18. The number of rotatable bonds is 9. The SMILES string of the molecule is CCN(CC)NCc1cn(-c2ccc(Nc3ccc(OC)cc3)cc2)nn1. The molecule has 3 aromatic rings. The number of methoxy groups -OCH3 is 1. The highest BCUT2D eigenvalue weighted by molar-refractivity contribution is 5.61. The number of hydrazine groups is 1. The molecule has 1 heterocycles. The van der Waals surface area contributed by atoms with Crippen LogP contribution in [0.3, 0.4) is 0 Å². The van der Waals surface area contributed by atoms with Gasteiger partial charge in [-0.2, -0.15) is 0 Å². The molecule has 27 heavy (non-hydrogen) atoms. The van der Waals surface area contributed by atoms with Crippen molar-refractivity contribution in [3.05, 3.63) is 60.4 Å². The van der Waals surface area contributed by atoms with E-state index < -0.39 is 0 Å². The van der Waals surface area contributed by atoms with E-state index in [4.69, 9.17) is 4.74 Å². The van der Waals surface area contributed by atoms with Gasteiger partial charge in [-0.1, -0.05) is 19.1 Å². The van der Waals surface area contributed by atoms with Crippen LogP contribution in [0.25, 0.3) is 5.69 Å². The van der Waals surface area contributed by atoms with Crippen LogP contribution in [-0.2, 0) is 6.54 Å². The average Bonchev–Trinajstić information content (AvgIpc) is 3.19. The first-order valence-electron chi connectivity index (χ1n) is 9.13. The van der Waals surface area contributed by atoms with Crippen LogP contribution < -0.4 is 15.5 Å². The summed E-state index contributed by atoms with van der Waals surface area (Å²) in [6.07, 6.45) is 1.95. The fourth-order valence-corrected chi connectivity index (χ4v) is 2.68. The van der Waals surface area contributed by atoms with Crippen molar-refractivity contribution in [2.24, 2.45) is 0 Å². The van der Waals surface area contributed by atoms with Crippen LogP contribution in [-0.4, -0.2) is 40.2 Å². The Bertz CT molecular complexity index is 824. The first-order valence-corrected chi connectivity index (χ1v) is 9.13. The van der Waals surface area contributed by atoms with E-state index in [1.165, 1.54) is 0 Å². The molecule has 142 valence electrons. The number of aromatic nitrogens is 3. The fourth-order valence-electron chi connectivity index (χ4n) is 2.68. The highest BCUT2D eigenvalue weighted by atomic mass is 16.5. The zero-order valence-corrected chi connectivity index (χ0v) is 16.0. The number of hydrogen-bond donors (Lipinski definition) is 2. The lowest BCUT2D eigenvalue weighted by molar-refractivity contribution is 0.204. The highest BCUT2D eigenvalue weighted by Crippen LogP contribution is 2.21. The van der Waals surface area contributed by atoms with Crippen LogP contribution in [0.4, 0.5) is 11.4 Å². The van der Waals surface area contributed by atoms with Gasteiger partial charge in [0.1, 0.15) is 5.75 Å². The van der Waals surface area contributed by atoms with Crippen LogP contribution in [0.5, 0.6) is 5.75 Å².